The zero-order chi connectivity index (χ0) is 9.14. The summed E-state index contributed by atoms with van der Waals surface area (Å²) in [5.74, 6) is -0.582. The molecule has 1 rings (SSSR count). The molecular weight excluding hydrogens is 272 g/mol. The number of aliphatic hydroxyl groups excluding tert-OH is 1. The highest BCUT2D eigenvalue weighted by molar-refractivity contribution is 14.1. The molecule has 0 amide bonds. The molecule has 0 unspecified atom stereocenters. The topological polar surface area (TPSA) is 44.0 Å². The average Bonchev–Trinajstić information content (AvgIpc) is 2.08. The molecule has 62 valence electrons. The van der Waals surface area contributed by atoms with E-state index >= 15 is 0 Å². The average molecular weight is 277 g/mol. The fourth-order valence-electron chi connectivity index (χ4n) is 0.869. The summed E-state index contributed by atoms with van der Waals surface area (Å²) in [7, 11) is 0. The second-order valence-corrected chi connectivity index (χ2v) is 3.31. The molecule has 0 fully saturated rings. The minimum absolute atomic E-state index is 0.0654. The van der Waals surface area contributed by atoms with Gasteiger partial charge in [0.2, 0.25) is 0 Å². The Morgan fingerprint density at radius 1 is 1.58 bits per heavy atom. The van der Waals surface area contributed by atoms with Crippen LogP contribution in [0.1, 0.15) is 11.1 Å². The van der Waals surface area contributed by atoms with Crippen molar-refractivity contribution >= 4 is 22.6 Å². The van der Waals surface area contributed by atoms with Crippen LogP contribution in [0.25, 0.3) is 0 Å². The predicted octanol–water partition coefficient (Wildman–Crippen LogP) is 1.79. The molecule has 0 heterocycles. The van der Waals surface area contributed by atoms with Gasteiger partial charge in [0, 0.05) is 9.13 Å². The number of nitrogens with zero attached hydrogens (tertiary/aromatic N) is 1. The van der Waals surface area contributed by atoms with Crippen LogP contribution < -0.4 is 0 Å². The van der Waals surface area contributed by atoms with Crippen LogP contribution in [0.5, 0.6) is 0 Å². The number of hydrogen-bond acceptors (Lipinski definition) is 2. The quantitative estimate of drug-likeness (QED) is 0.795. The molecule has 0 saturated carbocycles. The van der Waals surface area contributed by atoms with Gasteiger partial charge in [-0.3, -0.25) is 0 Å². The summed E-state index contributed by atoms with van der Waals surface area (Å²) < 4.78 is 13.6. The number of aliphatic hydroxyl groups is 1. The van der Waals surface area contributed by atoms with Gasteiger partial charge in [-0.2, -0.15) is 5.26 Å². The first kappa shape index (κ1) is 9.42. The highest BCUT2D eigenvalue weighted by Gasteiger charge is 2.10. The molecule has 0 aromatic heterocycles. The fraction of sp³-hybridized carbons (Fsp3) is 0.125. The largest absolute Gasteiger partial charge is 0.392 e. The Hall–Kier alpha value is -0.670. The van der Waals surface area contributed by atoms with Gasteiger partial charge < -0.3 is 5.11 Å². The van der Waals surface area contributed by atoms with Crippen molar-refractivity contribution in [2.24, 2.45) is 0 Å². The maximum atomic E-state index is 12.9. The summed E-state index contributed by atoms with van der Waals surface area (Å²) in [6, 6.07) is 4.47. The lowest BCUT2D eigenvalue weighted by Gasteiger charge is -2.03. The van der Waals surface area contributed by atoms with E-state index in [9.17, 15) is 4.39 Å². The van der Waals surface area contributed by atoms with Gasteiger partial charge in [0.25, 0.3) is 0 Å². The van der Waals surface area contributed by atoms with Gasteiger partial charge in [0.15, 0.2) is 0 Å². The second-order valence-electron chi connectivity index (χ2n) is 2.15. The first-order valence-electron chi connectivity index (χ1n) is 3.18. The molecule has 0 saturated heterocycles. The standard InChI is InChI=1S/C8H5FINO/c9-7-1-2-8(10)6(4-12)5(7)3-11/h1-2,12H,4H2. The molecule has 0 radical (unpaired) electrons. The van der Waals surface area contributed by atoms with Crippen LogP contribution in [-0.2, 0) is 6.61 Å². The second kappa shape index (κ2) is 3.83. The van der Waals surface area contributed by atoms with E-state index in [-0.39, 0.29) is 12.2 Å². The lowest BCUT2D eigenvalue weighted by Crippen LogP contribution is -1.96. The molecule has 0 bridgehead atoms. The summed E-state index contributed by atoms with van der Waals surface area (Å²) in [6.45, 7) is -0.307. The lowest BCUT2D eigenvalue weighted by atomic mass is 10.1. The highest BCUT2D eigenvalue weighted by Crippen LogP contribution is 2.19. The zero-order valence-electron chi connectivity index (χ0n) is 6.01. The minimum Gasteiger partial charge on any atom is -0.392 e. The first-order chi connectivity index (χ1) is 5.70. The van der Waals surface area contributed by atoms with E-state index in [0.717, 1.165) is 0 Å². The van der Waals surface area contributed by atoms with Crippen molar-refractivity contribution in [3.05, 3.63) is 32.6 Å². The molecule has 0 spiro atoms. The number of nitriles is 1. The SMILES string of the molecule is N#Cc1c(F)ccc(I)c1CO. The van der Waals surface area contributed by atoms with Gasteiger partial charge in [-0.25, -0.2) is 4.39 Å². The fourth-order valence-corrected chi connectivity index (χ4v) is 1.49. The Bertz CT molecular complexity index is 346. The van der Waals surface area contributed by atoms with Crippen molar-refractivity contribution < 1.29 is 9.50 Å². The van der Waals surface area contributed by atoms with E-state index < -0.39 is 5.82 Å². The predicted molar refractivity (Wildman–Crippen MR) is 49.8 cm³/mol. The minimum atomic E-state index is -0.582. The van der Waals surface area contributed by atoms with Gasteiger partial charge in [-0.05, 0) is 34.7 Å². The molecule has 0 aliphatic carbocycles. The molecule has 1 aromatic carbocycles. The Balaban J connectivity index is 3.41. The monoisotopic (exact) mass is 277 g/mol. The van der Waals surface area contributed by atoms with Crippen LogP contribution in [0.4, 0.5) is 4.39 Å². The van der Waals surface area contributed by atoms with Crippen molar-refractivity contribution in [1.82, 2.24) is 0 Å². The van der Waals surface area contributed by atoms with Crippen molar-refractivity contribution in [1.29, 1.82) is 5.26 Å². The molecule has 1 aromatic rings. The van der Waals surface area contributed by atoms with E-state index in [2.05, 4.69) is 0 Å². The van der Waals surface area contributed by atoms with Crippen LogP contribution in [0, 0.1) is 20.7 Å². The van der Waals surface area contributed by atoms with Gasteiger partial charge >= 0.3 is 0 Å². The molecule has 12 heavy (non-hydrogen) atoms. The molecular formula is C8H5FINO. The molecule has 2 nitrogen and oxygen atoms in total. The Morgan fingerprint density at radius 3 is 2.67 bits per heavy atom. The van der Waals surface area contributed by atoms with E-state index in [1.165, 1.54) is 12.1 Å². The Labute approximate surface area is 82.8 Å². The third-order valence-electron chi connectivity index (χ3n) is 1.47. The molecule has 4 heteroatoms. The normalized spacial score (nSPS) is 9.50. The van der Waals surface area contributed by atoms with Gasteiger partial charge in [-0.15, -0.1) is 0 Å². The molecule has 0 aliphatic heterocycles. The smallest absolute Gasteiger partial charge is 0.141 e. The van der Waals surface area contributed by atoms with Crippen molar-refractivity contribution in [2.75, 3.05) is 0 Å². The third-order valence-corrected chi connectivity index (χ3v) is 2.49. The number of rotatable bonds is 1. The zero-order valence-corrected chi connectivity index (χ0v) is 8.17. The number of benzene rings is 1. The highest BCUT2D eigenvalue weighted by atomic mass is 127. The lowest BCUT2D eigenvalue weighted by molar-refractivity contribution is 0.280. The summed E-state index contributed by atoms with van der Waals surface area (Å²) in [6.07, 6.45) is 0. The molecule has 0 aliphatic rings. The van der Waals surface area contributed by atoms with Crippen LogP contribution in [-0.4, -0.2) is 5.11 Å². The Kier molecular flexibility index (Phi) is 3.00. The third kappa shape index (κ3) is 1.57. The first-order valence-corrected chi connectivity index (χ1v) is 4.26. The maximum Gasteiger partial charge on any atom is 0.141 e. The summed E-state index contributed by atoms with van der Waals surface area (Å²) >= 11 is 1.95. The van der Waals surface area contributed by atoms with Crippen LogP contribution in [0.3, 0.4) is 0 Å². The van der Waals surface area contributed by atoms with Crippen LogP contribution >= 0.6 is 22.6 Å². The van der Waals surface area contributed by atoms with E-state index in [0.29, 0.717) is 9.13 Å². The van der Waals surface area contributed by atoms with Crippen LogP contribution in [0.15, 0.2) is 12.1 Å². The molecule has 1 N–H and O–H groups in total. The summed E-state index contributed by atoms with van der Waals surface area (Å²) in [4.78, 5) is 0. The van der Waals surface area contributed by atoms with Gasteiger partial charge in [0.05, 0.1) is 12.2 Å². The van der Waals surface area contributed by atoms with E-state index in [4.69, 9.17) is 10.4 Å². The number of hydrogen-bond donors (Lipinski definition) is 1. The summed E-state index contributed by atoms with van der Waals surface area (Å²) in [5, 5.41) is 17.4. The van der Waals surface area contributed by atoms with Crippen molar-refractivity contribution in [3.8, 4) is 6.07 Å². The Morgan fingerprint density at radius 2 is 2.25 bits per heavy atom. The maximum absolute atomic E-state index is 12.9. The van der Waals surface area contributed by atoms with E-state index in [1.54, 1.807) is 6.07 Å². The van der Waals surface area contributed by atoms with Gasteiger partial charge in [0.1, 0.15) is 11.9 Å². The summed E-state index contributed by atoms with van der Waals surface area (Å²) in [5.41, 5.74) is 0.294. The van der Waals surface area contributed by atoms with Crippen molar-refractivity contribution in [2.45, 2.75) is 6.61 Å². The molecule has 0 atom stereocenters. The van der Waals surface area contributed by atoms with Crippen molar-refractivity contribution in [3.63, 3.8) is 0 Å². The van der Waals surface area contributed by atoms with Gasteiger partial charge in [-0.1, -0.05) is 0 Å². The number of halogens is 2. The van der Waals surface area contributed by atoms with E-state index in [1.807, 2.05) is 22.6 Å². The van der Waals surface area contributed by atoms with Crippen LogP contribution in [0.2, 0.25) is 0 Å².